The monoisotopic (exact) mass is 484 g/mol. The minimum Gasteiger partial charge on any atom is -0.368 e. The lowest BCUT2D eigenvalue weighted by molar-refractivity contribution is -0.140. The van der Waals surface area contributed by atoms with Gasteiger partial charge in [0.25, 0.3) is 0 Å². The molecule has 0 spiro atoms. The molecule has 3 unspecified atom stereocenters. The molecule has 1 rings (SSSR count). The molecule has 1 aliphatic heterocycles. The van der Waals surface area contributed by atoms with Crippen molar-refractivity contribution >= 4 is 23.4 Å². The van der Waals surface area contributed by atoms with Gasteiger partial charge in [-0.15, -0.1) is 0 Å². The van der Waals surface area contributed by atoms with Gasteiger partial charge in [-0.1, -0.05) is 65.3 Å². The van der Waals surface area contributed by atoms with E-state index in [4.69, 9.17) is 16.3 Å². The van der Waals surface area contributed by atoms with Crippen LogP contribution in [0.2, 0.25) is 0 Å². The quantitative estimate of drug-likeness (QED) is 0.284. The Hall–Kier alpha value is -1.37. The SMILES string of the molecule is C=C(C(=O)N[C@@H](C(=O)N1CCC(C(C)C/C=C(/Cl)CC)CC1)C(C)C)C(CCC)OC(C)O. The number of halogens is 1. The summed E-state index contributed by atoms with van der Waals surface area (Å²) < 4.78 is 5.46. The van der Waals surface area contributed by atoms with E-state index in [-0.39, 0.29) is 17.4 Å². The van der Waals surface area contributed by atoms with E-state index in [1.807, 2.05) is 25.7 Å². The van der Waals surface area contributed by atoms with Crippen molar-refractivity contribution in [3.05, 3.63) is 23.3 Å². The molecule has 190 valence electrons. The van der Waals surface area contributed by atoms with Crippen molar-refractivity contribution in [2.75, 3.05) is 13.1 Å². The zero-order valence-electron chi connectivity index (χ0n) is 21.4. The van der Waals surface area contributed by atoms with Gasteiger partial charge in [0.2, 0.25) is 11.8 Å². The third-order valence-corrected chi connectivity index (χ3v) is 6.94. The highest BCUT2D eigenvalue weighted by Crippen LogP contribution is 2.29. The van der Waals surface area contributed by atoms with E-state index in [0.29, 0.717) is 31.3 Å². The van der Waals surface area contributed by atoms with Crippen molar-refractivity contribution in [3.8, 4) is 0 Å². The third-order valence-electron chi connectivity index (χ3n) is 6.52. The van der Waals surface area contributed by atoms with Gasteiger partial charge < -0.3 is 20.1 Å². The Balaban J connectivity index is 2.72. The van der Waals surface area contributed by atoms with E-state index >= 15 is 0 Å². The number of aliphatic hydroxyl groups excluding tert-OH is 1. The Morgan fingerprint density at radius 1 is 1.21 bits per heavy atom. The van der Waals surface area contributed by atoms with Gasteiger partial charge >= 0.3 is 0 Å². The molecule has 0 radical (unpaired) electrons. The largest absolute Gasteiger partial charge is 0.368 e. The lowest BCUT2D eigenvalue weighted by Crippen LogP contribution is -2.54. The molecule has 0 bridgehead atoms. The standard InChI is InChI=1S/C26H45ClN2O4/c1-8-10-23(33-20(7)30)19(6)25(31)28-24(17(3)4)26(32)29-15-13-21(14-16-29)18(5)11-12-22(27)9-2/h12,17-18,20-21,23-24,30H,6,8-11,13-16H2,1-5,7H3,(H,28,31)/b22-12+/t18?,20?,23?,24-/m1/s1. The summed E-state index contributed by atoms with van der Waals surface area (Å²) in [4.78, 5) is 28.0. The number of carbonyl (C=O) groups excluding carboxylic acids is 2. The first-order valence-corrected chi connectivity index (χ1v) is 12.9. The lowest BCUT2D eigenvalue weighted by Gasteiger charge is -2.37. The van der Waals surface area contributed by atoms with Gasteiger partial charge in [-0.3, -0.25) is 9.59 Å². The van der Waals surface area contributed by atoms with Crippen LogP contribution in [-0.4, -0.2) is 53.3 Å². The number of amides is 2. The number of nitrogens with zero attached hydrogens (tertiary/aromatic N) is 1. The molecule has 1 fully saturated rings. The number of hydrogen-bond acceptors (Lipinski definition) is 4. The van der Waals surface area contributed by atoms with E-state index in [0.717, 1.165) is 37.1 Å². The minimum absolute atomic E-state index is 0.0466. The van der Waals surface area contributed by atoms with Crippen LogP contribution in [-0.2, 0) is 14.3 Å². The molecular weight excluding hydrogens is 440 g/mol. The van der Waals surface area contributed by atoms with Crippen LogP contribution in [0.4, 0.5) is 0 Å². The van der Waals surface area contributed by atoms with Crippen LogP contribution < -0.4 is 5.32 Å². The maximum atomic E-state index is 13.3. The van der Waals surface area contributed by atoms with E-state index in [9.17, 15) is 14.7 Å². The number of allylic oxidation sites excluding steroid dienone is 2. The van der Waals surface area contributed by atoms with Crippen LogP contribution >= 0.6 is 11.6 Å². The first-order chi connectivity index (χ1) is 15.5. The van der Waals surface area contributed by atoms with Crippen LogP contribution in [0.15, 0.2) is 23.3 Å². The Morgan fingerprint density at radius 2 is 1.82 bits per heavy atom. The fourth-order valence-corrected chi connectivity index (χ4v) is 4.34. The molecule has 0 aromatic carbocycles. The van der Waals surface area contributed by atoms with E-state index in [1.165, 1.54) is 6.92 Å². The smallest absolute Gasteiger partial charge is 0.249 e. The first-order valence-electron chi connectivity index (χ1n) is 12.5. The van der Waals surface area contributed by atoms with Crippen LogP contribution in [0.25, 0.3) is 0 Å². The fraction of sp³-hybridized carbons (Fsp3) is 0.769. The maximum absolute atomic E-state index is 13.3. The highest BCUT2D eigenvalue weighted by molar-refractivity contribution is 6.29. The third kappa shape index (κ3) is 9.79. The first kappa shape index (κ1) is 29.7. The molecule has 4 atom stereocenters. The Bertz CT molecular complexity index is 669. The second-order valence-electron chi connectivity index (χ2n) is 9.61. The number of ether oxygens (including phenoxy) is 1. The molecule has 6 nitrogen and oxygen atoms in total. The molecule has 0 saturated carbocycles. The molecule has 1 saturated heterocycles. The molecule has 0 aromatic heterocycles. The van der Waals surface area contributed by atoms with Gasteiger partial charge in [-0.05, 0) is 56.8 Å². The maximum Gasteiger partial charge on any atom is 0.249 e. The summed E-state index contributed by atoms with van der Waals surface area (Å²) in [6.45, 7) is 16.9. The second-order valence-corrected chi connectivity index (χ2v) is 10.1. The molecular formula is C26H45ClN2O4. The molecule has 0 aromatic rings. The zero-order chi connectivity index (χ0) is 25.1. The topological polar surface area (TPSA) is 78.9 Å². The average Bonchev–Trinajstić information content (AvgIpc) is 2.78. The number of nitrogens with one attached hydrogen (secondary N) is 1. The predicted octanol–water partition coefficient (Wildman–Crippen LogP) is 5.00. The van der Waals surface area contributed by atoms with Crippen molar-refractivity contribution in [2.24, 2.45) is 17.8 Å². The van der Waals surface area contributed by atoms with Crippen LogP contribution in [0.5, 0.6) is 0 Å². The Morgan fingerprint density at radius 3 is 2.30 bits per heavy atom. The molecule has 1 aliphatic rings. The van der Waals surface area contributed by atoms with Crippen molar-refractivity contribution in [1.29, 1.82) is 0 Å². The van der Waals surface area contributed by atoms with Gasteiger partial charge in [0.1, 0.15) is 6.04 Å². The van der Waals surface area contributed by atoms with Crippen molar-refractivity contribution in [2.45, 2.75) is 98.5 Å². The molecule has 33 heavy (non-hydrogen) atoms. The summed E-state index contributed by atoms with van der Waals surface area (Å²) in [5.74, 6) is 0.579. The van der Waals surface area contributed by atoms with Crippen LogP contribution in [0.3, 0.4) is 0 Å². The van der Waals surface area contributed by atoms with Gasteiger partial charge in [0.15, 0.2) is 6.29 Å². The summed E-state index contributed by atoms with van der Waals surface area (Å²) in [7, 11) is 0. The highest BCUT2D eigenvalue weighted by Gasteiger charge is 2.33. The van der Waals surface area contributed by atoms with Crippen molar-refractivity contribution in [1.82, 2.24) is 10.2 Å². The predicted molar refractivity (Wildman–Crippen MR) is 135 cm³/mol. The summed E-state index contributed by atoms with van der Waals surface area (Å²) in [5.41, 5.74) is 0.238. The van der Waals surface area contributed by atoms with Gasteiger partial charge in [-0.2, -0.15) is 0 Å². The summed E-state index contributed by atoms with van der Waals surface area (Å²) in [6.07, 6.45) is 5.63. The number of aliphatic hydroxyl groups is 1. The van der Waals surface area contributed by atoms with Crippen molar-refractivity contribution in [3.63, 3.8) is 0 Å². The molecule has 1 heterocycles. The number of rotatable bonds is 13. The number of piperidine rings is 1. The van der Waals surface area contributed by atoms with Crippen molar-refractivity contribution < 1.29 is 19.4 Å². The van der Waals surface area contributed by atoms with Gasteiger partial charge in [0, 0.05) is 23.7 Å². The fourth-order valence-electron chi connectivity index (χ4n) is 4.25. The zero-order valence-corrected chi connectivity index (χ0v) is 22.2. The van der Waals surface area contributed by atoms with Crippen LogP contribution in [0, 0.1) is 17.8 Å². The summed E-state index contributed by atoms with van der Waals surface area (Å²) in [6, 6.07) is -0.622. The van der Waals surface area contributed by atoms with Gasteiger partial charge in [-0.25, -0.2) is 0 Å². The van der Waals surface area contributed by atoms with E-state index in [1.54, 1.807) is 0 Å². The summed E-state index contributed by atoms with van der Waals surface area (Å²) >= 11 is 6.15. The number of likely N-dealkylation sites (tertiary alicyclic amines) is 1. The van der Waals surface area contributed by atoms with E-state index < -0.39 is 24.3 Å². The minimum atomic E-state index is -0.995. The summed E-state index contributed by atoms with van der Waals surface area (Å²) in [5, 5.41) is 13.4. The number of hydrogen-bond donors (Lipinski definition) is 2. The number of carbonyl (C=O) groups is 2. The molecule has 0 aliphatic carbocycles. The molecule has 2 amide bonds. The normalized spacial score (nSPS) is 19.2. The second kappa shape index (κ2) is 14.8. The van der Waals surface area contributed by atoms with Gasteiger partial charge in [0.05, 0.1) is 6.10 Å². The average molecular weight is 485 g/mol. The lowest BCUT2D eigenvalue weighted by atomic mass is 9.83. The molecule has 7 heteroatoms. The highest BCUT2D eigenvalue weighted by atomic mass is 35.5. The van der Waals surface area contributed by atoms with E-state index in [2.05, 4.69) is 31.8 Å². The molecule has 2 N–H and O–H groups in total. The Kier molecular flexibility index (Phi) is 13.3. The van der Waals surface area contributed by atoms with Crippen LogP contribution in [0.1, 0.15) is 80.1 Å². The Labute approximate surface area is 205 Å².